The van der Waals surface area contributed by atoms with Crippen molar-refractivity contribution in [3.63, 3.8) is 0 Å². The van der Waals surface area contributed by atoms with Gasteiger partial charge in [-0.1, -0.05) is 6.92 Å². The highest BCUT2D eigenvalue weighted by atomic mass is 19.1. The van der Waals surface area contributed by atoms with Crippen molar-refractivity contribution >= 4 is 5.95 Å². The second-order valence-corrected chi connectivity index (χ2v) is 4.50. The molecule has 2 rings (SSSR count). The van der Waals surface area contributed by atoms with Gasteiger partial charge in [-0.15, -0.1) is 0 Å². The van der Waals surface area contributed by atoms with E-state index in [1.165, 1.54) is 13.2 Å². The molecule has 1 aromatic carbocycles. The van der Waals surface area contributed by atoms with Crippen LogP contribution in [0.25, 0.3) is 11.3 Å². The van der Waals surface area contributed by atoms with Gasteiger partial charge in [0.1, 0.15) is 11.6 Å². The van der Waals surface area contributed by atoms with Crippen LogP contribution in [0.15, 0.2) is 24.4 Å². The molecule has 0 aliphatic rings. The summed E-state index contributed by atoms with van der Waals surface area (Å²) in [4.78, 5) is 8.59. The Labute approximate surface area is 118 Å². The van der Waals surface area contributed by atoms with Crippen molar-refractivity contribution < 1.29 is 9.13 Å². The maximum absolute atomic E-state index is 14.1. The van der Waals surface area contributed by atoms with Gasteiger partial charge >= 0.3 is 0 Å². The lowest BCUT2D eigenvalue weighted by atomic mass is 10.1. The molecule has 0 saturated heterocycles. The highest BCUT2D eigenvalue weighted by Crippen LogP contribution is 2.27. The lowest BCUT2D eigenvalue weighted by molar-refractivity contribution is 0.411. The largest absolute Gasteiger partial charge is 0.497 e. The summed E-state index contributed by atoms with van der Waals surface area (Å²) in [5.41, 5.74) is 1.88. The Hall–Kier alpha value is -2.17. The molecule has 20 heavy (non-hydrogen) atoms. The van der Waals surface area contributed by atoms with Gasteiger partial charge in [0.05, 0.1) is 12.8 Å². The zero-order chi connectivity index (χ0) is 14.5. The van der Waals surface area contributed by atoms with E-state index in [1.807, 2.05) is 6.92 Å². The number of aryl methyl sites for hydroxylation is 1. The quantitative estimate of drug-likeness (QED) is 0.908. The number of benzene rings is 1. The Balaban J connectivity index is 2.40. The molecule has 0 bridgehead atoms. The molecule has 0 spiro atoms. The van der Waals surface area contributed by atoms with Gasteiger partial charge in [0.2, 0.25) is 5.95 Å². The molecule has 0 atom stereocenters. The molecule has 0 radical (unpaired) electrons. The van der Waals surface area contributed by atoms with E-state index < -0.39 is 0 Å². The molecule has 0 fully saturated rings. The zero-order valence-corrected chi connectivity index (χ0v) is 11.9. The lowest BCUT2D eigenvalue weighted by Crippen LogP contribution is -2.06. The van der Waals surface area contributed by atoms with Crippen molar-refractivity contribution in [1.29, 1.82) is 0 Å². The topological polar surface area (TPSA) is 47.0 Å². The van der Waals surface area contributed by atoms with Gasteiger partial charge in [0.15, 0.2) is 0 Å². The summed E-state index contributed by atoms with van der Waals surface area (Å²) < 4.78 is 19.1. The molecule has 0 saturated carbocycles. The van der Waals surface area contributed by atoms with Gasteiger partial charge in [-0.05, 0) is 31.0 Å². The first kappa shape index (κ1) is 14.2. The number of nitrogens with zero attached hydrogens (tertiary/aromatic N) is 2. The van der Waals surface area contributed by atoms with Crippen LogP contribution in [0.3, 0.4) is 0 Å². The summed E-state index contributed by atoms with van der Waals surface area (Å²) in [6.07, 6.45) is 2.67. The van der Waals surface area contributed by atoms with E-state index in [9.17, 15) is 4.39 Å². The smallest absolute Gasteiger partial charge is 0.223 e. The number of nitrogens with one attached hydrogen (secondary N) is 1. The molecule has 2 aromatic rings. The Morgan fingerprint density at radius 3 is 2.80 bits per heavy atom. The van der Waals surface area contributed by atoms with Crippen LogP contribution in [-0.4, -0.2) is 23.6 Å². The molecule has 1 aromatic heterocycles. The molecule has 1 heterocycles. The standard InChI is InChI=1S/C15H18FN3O/c1-4-7-17-15-18-9-10(2)14(19-15)12-6-5-11(20-3)8-13(12)16/h5-6,8-9H,4,7H2,1-3H3,(H,17,18,19). The summed E-state index contributed by atoms with van der Waals surface area (Å²) in [7, 11) is 1.51. The molecule has 0 aliphatic heterocycles. The number of rotatable bonds is 5. The first-order valence-corrected chi connectivity index (χ1v) is 6.57. The minimum Gasteiger partial charge on any atom is -0.497 e. The van der Waals surface area contributed by atoms with Crippen LogP contribution in [0.2, 0.25) is 0 Å². The molecule has 5 heteroatoms. The van der Waals surface area contributed by atoms with E-state index in [0.717, 1.165) is 18.5 Å². The third kappa shape index (κ3) is 3.04. The lowest BCUT2D eigenvalue weighted by Gasteiger charge is -2.10. The number of methoxy groups -OCH3 is 1. The van der Waals surface area contributed by atoms with E-state index in [1.54, 1.807) is 18.3 Å². The van der Waals surface area contributed by atoms with Crippen molar-refractivity contribution in [3.8, 4) is 17.0 Å². The molecule has 0 unspecified atom stereocenters. The molecule has 0 aliphatic carbocycles. The predicted octanol–water partition coefficient (Wildman–Crippen LogP) is 3.42. The summed E-state index contributed by atoms with van der Waals surface area (Å²) >= 11 is 0. The number of hydrogen-bond donors (Lipinski definition) is 1. The number of ether oxygens (including phenoxy) is 1. The maximum Gasteiger partial charge on any atom is 0.223 e. The molecule has 1 N–H and O–H groups in total. The average Bonchev–Trinajstić information content (AvgIpc) is 2.46. The summed E-state index contributed by atoms with van der Waals surface area (Å²) in [6, 6.07) is 4.75. The van der Waals surface area contributed by atoms with Crippen LogP contribution in [0.4, 0.5) is 10.3 Å². The molecule has 106 valence electrons. The van der Waals surface area contributed by atoms with E-state index in [4.69, 9.17) is 4.74 Å². The van der Waals surface area contributed by atoms with Crippen LogP contribution in [0.5, 0.6) is 5.75 Å². The minimum absolute atomic E-state index is 0.354. The van der Waals surface area contributed by atoms with Crippen LogP contribution in [0.1, 0.15) is 18.9 Å². The van der Waals surface area contributed by atoms with Crippen molar-refractivity contribution in [2.24, 2.45) is 0 Å². The molecular weight excluding hydrogens is 257 g/mol. The van der Waals surface area contributed by atoms with Gasteiger partial charge in [0, 0.05) is 24.4 Å². The first-order valence-electron chi connectivity index (χ1n) is 6.57. The van der Waals surface area contributed by atoms with E-state index in [-0.39, 0.29) is 5.82 Å². The van der Waals surface area contributed by atoms with Crippen molar-refractivity contribution in [3.05, 3.63) is 35.8 Å². The second-order valence-electron chi connectivity index (χ2n) is 4.50. The van der Waals surface area contributed by atoms with E-state index in [0.29, 0.717) is 23.0 Å². The first-order chi connectivity index (χ1) is 9.65. The summed E-state index contributed by atoms with van der Waals surface area (Å²) in [6.45, 7) is 4.71. The fraction of sp³-hybridized carbons (Fsp3) is 0.333. The Morgan fingerprint density at radius 2 is 2.15 bits per heavy atom. The normalized spacial score (nSPS) is 10.4. The van der Waals surface area contributed by atoms with Crippen LogP contribution in [-0.2, 0) is 0 Å². The fourth-order valence-electron chi connectivity index (χ4n) is 1.85. The third-order valence-corrected chi connectivity index (χ3v) is 2.94. The van der Waals surface area contributed by atoms with Crippen molar-refractivity contribution in [1.82, 2.24) is 9.97 Å². The van der Waals surface area contributed by atoms with Gasteiger partial charge in [-0.25, -0.2) is 14.4 Å². The second kappa shape index (κ2) is 6.32. The number of hydrogen-bond acceptors (Lipinski definition) is 4. The van der Waals surface area contributed by atoms with Crippen LogP contribution < -0.4 is 10.1 Å². The third-order valence-electron chi connectivity index (χ3n) is 2.94. The zero-order valence-electron chi connectivity index (χ0n) is 11.9. The monoisotopic (exact) mass is 275 g/mol. The maximum atomic E-state index is 14.1. The van der Waals surface area contributed by atoms with Gasteiger partial charge < -0.3 is 10.1 Å². The molecule has 0 amide bonds. The van der Waals surface area contributed by atoms with Crippen molar-refractivity contribution in [2.75, 3.05) is 19.0 Å². The Kier molecular flexibility index (Phi) is 4.50. The van der Waals surface area contributed by atoms with Gasteiger partial charge in [-0.3, -0.25) is 0 Å². The van der Waals surface area contributed by atoms with E-state index in [2.05, 4.69) is 22.2 Å². The predicted molar refractivity (Wildman–Crippen MR) is 77.5 cm³/mol. The van der Waals surface area contributed by atoms with E-state index >= 15 is 0 Å². The molecule has 4 nitrogen and oxygen atoms in total. The minimum atomic E-state index is -0.354. The van der Waals surface area contributed by atoms with Crippen molar-refractivity contribution in [2.45, 2.75) is 20.3 Å². The number of halogens is 1. The highest BCUT2D eigenvalue weighted by Gasteiger charge is 2.12. The highest BCUT2D eigenvalue weighted by molar-refractivity contribution is 5.65. The SMILES string of the molecule is CCCNc1ncc(C)c(-c2ccc(OC)cc2F)n1. The van der Waals surface area contributed by atoms with Gasteiger partial charge in [0.25, 0.3) is 0 Å². The summed E-state index contributed by atoms with van der Waals surface area (Å²) in [5.74, 6) is 0.651. The summed E-state index contributed by atoms with van der Waals surface area (Å²) in [5, 5.41) is 3.10. The van der Waals surface area contributed by atoms with Gasteiger partial charge in [-0.2, -0.15) is 0 Å². The Bertz CT molecular complexity index is 602. The van der Waals surface area contributed by atoms with Crippen LogP contribution in [0, 0.1) is 12.7 Å². The fourth-order valence-corrected chi connectivity index (χ4v) is 1.85. The number of anilines is 1. The Morgan fingerprint density at radius 1 is 1.35 bits per heavy atom. The van der Waals surface area contributed by atoms with Crippen LogP contribution >= 0.6 is 0 Å². The average molecular weight is 275 g/mol. The molecular formula is C15H18FN3O. The number of aromatic nitrogens is 2.